The molecule has 0 heteroatoms. The van der Waals surface area contributed by atoms with Crippen molar-refractivity contribution in [2.24, 2.45) is 28.1 Å². The first-order valence-corrected chi connectivity index (χ1v) is 8.37. The van der Waals surface area contributed by atoms with Crippen molar-refractivity contribution in [2.75, 3.05) is 0 Å². The van der Waals surface area contributed by atoms with Crippen molar-refractivity contribution in [1.82, 2.24) is 0 Å². The second kappa shape index (κ2) is 4.53. The maximum atomic E-state index is 2.60. The van der Waals surface area contributed by atoms with E-state index in [-0.39, 0.29) is 0 Å². The summed E-state index contributed by atoms with van der Waals surface area (Å²) in [6, 6.07) is 0. The van der Waals surface area contributed by atoms with E-state index in [4.69, 9.17) is 0 Å². The highest BCUT2D eigenvalue weighted by Gasteiger charge is 2.64. The molecule has 0 aromatic rings. The molecule has 0 N–H and O–H groups in total. The van der Waals surface area contributed by atoms with Gasteiger partial charge in [0.2, 0.25) is 0 Å². The number of hydrogen-bond donors (Lipinski definition) is 0. The molecule has 18 heavy (non-hydrogen) atoms. The van der Waals surface area contributed by atoms with Crippen LogP contribution >= 0.6 is 0 Å². The Morgan fingerprint density at radius 2 is 1.44 bits per heavy atom. The molecule has 0 saturated heterocycles. The Morgan fingerprint density at radius 3 is 1.78 bits per heavy atom. The molecule has 0 amide bonds. The van der Waals surface area contributed by atoms with Gasteiger partial charge in [-0.3, -0.25) is 0 Å². The monoisotopic (exact) mass is 250 g/mol. The van der Waals surface area contributed by atoms with Gasteiger partial charge in [-0.2, -0.15) is 0 Å². The average Bonchev–Trinajstić information content (AvgIpc) is 3.11. The van der Waals surface area contributed by atoms with Crippen LogP contribution in [0.3, 0.4) is 0 Å². The van der Waals surface area contributed by atoms with E-state index in [2.05, 4.69) is 41.5 Å². The van der Waals surface area contributed by atoms with Crippen LogP contribution in [0.4, 0.5) is 0 Å². The van der Waals surface area contributed by atoms with E-state index in [1.165, 1.54) is 44.9 Å². The van der Waals surface area contributed by atoms with Crippen LogP contribution in [0.1, 0.15) is 86.5 Å². The van der Waals surface area contributed by atoms with Gasteiger partial charge in [-0.05, 0) is 53.8 Å². The van der Waals surface area contributed by atoms with Crippen molar-refractivity contribution in [3.63, 3.8) is 0 Å². The molecule has 0 aliphatic heterocycles. The minimum Gasteiger partial charge on any atom is -0.0651 e. The van der Waals surface area contributed by atoms with Crippen molar-refractivity contribution >= 4 is 0 Å². The lowest BCUT2D eigenvalue weighted by Crippen LogP contribution is -2.58. The third kappa shape index (κ3) is 1.78. The Kier molecular flexibility index (Phi) is 3.63. The minimum absolute atomic E-state index is 0.560. The van der Waals surface area contributed by atoms with Gasteiger partial charge in [0, 0.05) is 0 Å². The second-order valence-electron chi connectivity index (χ2n) is 8.03. The summed E-state index contributed by atoms with van der Waals surface area (Å²) >= 11 is 0. The molecule has 2 aliphatic carbocycles. The van der Waals surface area contributed by atoms with E-state index in [0.29, 0.717) is 16.2 Å². The molecule has 0 radical (unpaired) electrons. The van der Waals surface area contributed by atoms with Gasteiger partial charge in [-0.15, -0.1) is 0 Å². The molecule has 0 spiro atoms. The topological polar surface area (TPSA) is 0 Å². The quantitative estimate of drug-likeness (QED) is 0.538. The standard InChI is InChI=1S/C18H34/c1-7-14-12-18(13-14,17(6,8-2)9-3)16(4,5)15-10-11-15/h14-15H,7-13H2,1-6H3. The lowest BCUT2D eigenvalue weighted by Gasteiger charge is -2.66. The first kappa shape index (κ1) is 14.4. The number of rotatable bonds is 6. The Labute approximate surface area is 115 Å². The molecular formula is C18H34. The van der Waals surface area contributed by atoms with Gasteiger partial charge >= 0.3 is 0 Å². The van der Waals surface area contributed by atoms with Crippen molar-refractivity contribution in [3.8, 4) is 0 Å². The van der Waals surface area contributed by atoms with Crippen LogP contribution in [-0.2, 0) is 0 Å². The fourth-order valence-corrected chi connectivity index (χ4v) is 5.13. The molecule has 0 nitrogen and oxygen atoms in total. The van der Waals surface area contributed by atoms with Crippen molar-refractivity contribution in [2.45, 2.75) is 86.5 Å². The normalized spacial score (nSPS) is 33.3. The van der Waals surface area contributed by atoms with E-state index >= 15 is 0 Å². The van der Waals surface area contributed by atoms with Gasteiger partial charge in [0.1, 0.15) is 0 Å². The molecule has 0 bridgehead atoms. The lowest BCUT2D eigenvalue weighted by atomic mass is 9.38. The van der Waals surface area contributed by atoms with E-state index in [1.807, 2.05) is 0 Å². The summed E-state index contributed by atoms with van der Waals surface area (Å²) in [7, 11) is 0. The van der Waals surface area contributed by atoms with Crippen LogP contribution in [0.2, 0.25) is 0 Å². The molecule has 2 saturated carbocycles. The Hall–Kier alpha value is 0. The zero-order chi connectivity index (χ0) is 13.6. The zero-order valence-corrected chi connectivity index (χ0v) is 13.6. The lowest BCUT2D eigenvalue weighted by molar-refractivity contribution is -0.170. The molecule has 0 atom stereocenters. The third-order valence-electron chi connectivity index (χ3n) is 7.40. The highest BCUT2D eigenvalue weighted by atomic mass is 14.7. The smallest absolute Gasteiger partial charge is 0.0185 e. The molecule has 106 valence electrons. The predicted molar refractivity (Wildman–Crippen MR) is 80.6 cm³/mol. The van der Waals surface area contributed by atoms with Crippen molar-refractivity contribution < 1.29 is 0 Å². The first-order valence-electron chi connectivity index (χ1n) is 8.37. The third-order valence-corrected chi connectivity index (χ3v) is 7.40. The highest BCUT2D eigenvalue weighted by Crippen LogP contribution is 2.72. The van der Waals surface area contributed by atoms with Crippen LogP contribution in [0, 0.1) is 28.1 Å². The van der Waals surface area contributed by atoms with Crippen molar-refractivity contribution in [3.05, 3.63) is 0 Å². The van der Waals surface area contributed by atoms with Crippen molar-refractivity contribution in [1.29, 1.82) is 0 Å². The second-order valence-corrected chi connectivity index (χ2v) is 8.03. The number of hydrogen-bond acceptors (Lipinski definition) is 0. The van der Waals surface area contributed by atoms with E-state index in [9.17, 15) is 0 Å². The summed E-state index contributed by atoms with van der Waals surface area (Å²) in [6.45, 7) is 15.0. The maximum absolute atomic E-state index is 2.60. The largest absolute Gasteiger partial charge is 0.0651 e. The summed E-state index contributed by atoms with van der Waals surface area (Å²) in [5, 5.41) is 0. The van der Waals surface area contributed by atoms with E-state index < -0.39 is 0 Å². The SMILES string of the molecule is CCC1CC(C(C)(CC)CC)(C(C)(C)C2CC2)C1. The Bertz CT molecular complexity index is 278. The molecule has 2 aliphatic rings. The summed E-state index contributed by atoms with van der Waals surface area (Å²) < 4.78 is 0. The molecule has 0 aromatic heterocycles. The van der Waals surface area contributed by atoms with Gasteiger partial charge in [-0.1, -0.05) is 60.8 Å². The molecule has 2 rings (SSSR count). The Balaban J connectivity index is 2.30. The summed E-state index contributed by atoms with van der Waals surface area (Å²) in [6.07, 6.45) is 10.1. The van der Waals surface area contributed by atoms with Gasteiger partial charge in [0.25, 0.3) is 0 Å². The molecule has 0 heterocycles. The predicted octanol–water partition coefficient (Wildman–Crippen LogP) is 6.06. The van der Waals surface area contributed by atoms with E-state index in [1.54, 1.807) is 0 Å². The molecular weight excluding hydrogens is 216 g/mol. The van der Waals surface area contributed by atoms with E-state index in [0.717, 1.165) is 11.8 Å². The molecule has 0 unspecified atom stereocenters. The van der Waals surface area contributed by atoms with Gasteiger partial charge in [0.05, 0.1) is 0 Å². The highest BCUT2D eigenvalue weighted by molar-refractivity contribution is 5.13. The summed E-state index contributed by atoms with van der Waals surface area (Å²) in [5.41, 5.74) is 1.76. The fourth-order valence-electron chi connectivity index (χ4n) is 5.13. The van der Waals surface area contributed by atoms with Gasteiger partial charge < -0.3 is 0 Å². The maximum Gasteiger partial charge on any atom is -0.0185 e. The van der Waals surface area contributed by atoms with Crippen LogP contribution in [-0.4, -0.2) is 0 Å². The van der Waals surface area contributed by atoms with Crippen LogP contribution in [0.25, 0.3) is 0 Å². The average molecular weight is 250 g/mol. The summed E-state index contributed by atoms with van der Waals surface area (Å²) in [4.78, 5) is 0. The Morgan fingerprint density at radius 1 is 0.944 bits per heavy atom. The van der Waals surface area contributed by atoms with Crippen LogP contribution < -0.4 is 0 Å². The first-order chi connectivity index (χ1) is 8.37. The summed E-state index contributed by atoms with van der Waals surface area (Å²) in [5.74, 6) is 2.04. The van der Waals surface area contributed by atoms with Crippen LogP contribution in [0.15, 0.2) is 0 Å². The molecule has 2 fully saturated rings. The van der Waals surface area contributed by atoms with Crippen LogP contribution in [0.5, 0.6) is 0 Å². The fraction of sp³-hybridized carbons (Fsp3) is 1.00. The zero-order valence-electron chi connectivity index (χ0n) is 13.6. The minimum atomic E-state index is 0.560. The van der Waals surface area contributed by atoms with Gasteiger partial charge in [0.15, 0.2) is 0 Å². The van der Waals surface area contributed by atoms with Gasteiger partial charge in [-0.25, -0.2) is 0 Å². The molecule has 0 aromatic carbocycles.